The second-order valence-corrected chi connectivity index (χ2v) is 5.48. The molecule has 1 aromatic rings. The Kier molecular flexibility index (Phi) is 3.50. The van der Waals surface area contributed by atoms with E-state index in [0.29, 0.717) is 5.15 Å². The van der Waals surface area contributed by atoms with Crippen molar-refractivity contribution in [3.05, 3.63) is 22.2 Å². The molecule has 0 spiro atoms. The highest BCUT2D eigenvalue weighted by molar-refractivity contribution is 6.30. The number of ether oxygens (including phenoxy) is 1. The van der Waals surface area contributed by atoms with Gasteiger partial charge in [-0.05, 0) is 32.7 Å². The number of hydrogen-bond donors (Lipinski definition) is 0. The summed E-state index contributed by atoms with van der Waals surface area (Å²) in [5, 5.41) is 0.631. The highest BCUT2D eigenvalue weighted by Gasteiger charge is 2.25. The van der Waals surface area contributed by atoms with Gasteiger partial charge in [0.15, 0.2) is 5.82 Å². The zero-order valence-electron chi connectivity index (χ0n) is 10.7. The predicted octanol–water partition coefficient (Wildman–Crippen LogP) is 2.01. The second kappa shape index (κ2) is 5.11. The molecule has 1 saturated heterocycles. The van der Waals surface area contributed by atoms with Crippen LogP contribution in [0.2, 0.25) is 5.15 Å². The summed E-state index contributed by atoms with van der Waals surface area (Å²) < 4.78 is 5.76. The molecule has 0 amide bonds. The molecule has 1 atom stereocenters. The molecule has 2 heterocycles. The number of halogens is 1. The Bertz CT molecular complexity index is 452. The molecule has 0 aromatic carbocycles. The molecule has 5 heteroatoms. The molecule has 98 valence electrons. The molecule has 1 aliphatic heterocycles. The first-order chi connectivity index (χ1) is 8.74. The minimum absolute atomic E-state index is 0.0338. The highest BCUT2D eigenvalue weighted by atomic mass is 35.5. The van der Waals surface area contributed by atoms with Gasteiger partial charge in [0.25, 0.3) is 0 Å². The van der Waals surface area contributed by atoms with Crippen LogP contribution in [0.25, 0.3) is 0 Å². The van der Waals surface area contributed by atoms with Gasteiger partial charge in [0, 0.05) is 24.3 Å². The Hall–Kier alpha value is -0.710. The molecule has 2 aliphatic rings. The van der Waals surface area contributed by atoms with Gasteiger partial charge in [-0.2, -0.15) is 0 Å². The molecule has 1 unspecified atom stereocenters. The normalized spacial score (nSPS) is 24.9. The average Bonchev–Trinajstić information content (AvgIpc) is 2.39. The summed E-state index contributed by atoms with van der Waals surface area (Å²) in [6.07, 6.45) is 4.39. The van der Waals surface area contributed by atoms with Crippen molar-refractivity contribution in [2.24, 2.45) is 0 Å². The molecule has 0 radical (unpaired) electrons. The van der Waals surface area contributed by atoms with E-state index in [1.54, 1.807) is 0 Å². The fourth-order valence-corrected chi connectivity index (χ4v) is 2.93. The lowest BCUT2D eigenvalue weighted by molar-refractivity contribution is -0.0256. The number of rotatable bonds is 1. The summed E-state index contributed by atoms with van der Waals surface area (Å²) >= 11 is 6.28. The summed E-state index contributed by atoms with van der Waals surface area (Å²) in [6.45, 7) is 2.55. The number of hydrogen-bond acceptors (Lipinski definition) is 4. The molecule has 3 rings (SSSR count). The lowest BCUT2D eigenvalue weighted by atomic mass is 9.97. The van der Waals surface area contributed by atoms with Crippen LogP contribution in [0.3, 0.4) is 0 Å². The van der Waals surface area contributed by atoms with Crippen LogP contribution in [0, 0.1) is 0 Å². The average molecular weight is 268 g/mol. The largest absolute Gasteiger partial charge is 0.368 e. The standard InChI is InChI=1S/C13H18ClN3O/c1-17-6-7-18-11(8-17)13-15-10-5-3-2-4-9(10)12(14)16-13/h11H,2-8H2,1H3. The molecule has 18 heavy (non-hydrogen) atoms. The molecule has 1 fully saturated rings. The minimum atomic E-state index is -0.0338. The van der Waals surface area contributed by atoms with Crippen molar-refractivity contribution in [3.8, 4) is 0 Å². The Labute approximate surface area is 112 Å². The first-order valence-corrected chi connectivity index (χ1v) is 6.97. The molecule has 4 nitrogen and oxygen atoms in total. The van der Waals surface area contributed by atoms with Crippen molar-refractivity contribution in [2.75, 3.05) is 26.7 Å². The predicted molar refractivity (Wildman–Crippen MR) is 69.9 cm³/mol. The Morgan fingerprint density at radius 3 is 2.94 bits per heavy atom. The third-order valence-electron chi connectivity index (χ3n) is 3.71. The Morgan fingerprint density at radius 2 is 2.11 bits per heavy atom. The zero-order valence-corrected chi connectivity index (χ0v) is 11.4. The van der Waals surface area contributed by atoms with E-state index in [-0.39, 0.29) is 6.10 Å². The van der Waals surface area contributed by atoms with Crippen LogP contribution in [0.1, 0.15) is 36.0 Å². The van der Waals surface area contributed by atoms with E-state index in [0.717, 1.165) is 49.6 Å². The number of aryl methyl sites for hydroxylation is 1. The number of nitrogens with zero attached hydrogens (tertiary/aromatic N) is 3. The van der Waals surface area contributed by atoms with Gasteiger partial charge in [0.2, 0.25) is 0 Å². The molecule has 0 bridgehead atoms. The molecule has 1 aromatic heterocycles. The van der Waals surface area contributed by atoms with E-state index >= 15 is 0 Å². The smallest absolute Gasteiger partial charge is 0.160 e. The van der Waals surface area contributed by atoms with Crippen LogP contribution < -0.4 is 0 Å². The minimum Gasteiger partial charge on any atom is -0.368 e. The van der Waals surface area contributed by atoms with Gasteiger partial charge in [-0.25, -0.2) is 9.97 Å². The van der Waals surface area contributed by atoms with Crippen LogP contribution in [0.5, 0.6) is 0 Å². The van der Waals surface area contributed by atoms with Crippen LogP contribution in [-0.2, 0) is 17.6 Å². The maximum Gasteiger partial charge on any atom is 0.160 e. The first kappa shape index (κ1) is 12.3. The van der Waals surface area contributed by atoms with Gasteiger partial charge in [-0.15, -0.1) is 0 Å². The van der Waals surface area contributed by atoms with Crippen LogP contribution >= 0.6 is 11.6 Å². The van der Waals surface area contributed by atoms with Gasteiger partial charge in [-0.1, -0.05) is 11.6 Å². The van der Waals surface area contributed by atoms with Crippen molar-refractivity contribution >= 4 is 11.6 Å². The number of morpholine rings is 1. The zero-order chi connectivity index (χ0) is 12.5. The van der Waals surface area contributed by atoms with Crippen molar-refractivity contribution in [2.45, 2.75) is 31.8 Å². The van der Waals surface area contributed by atoms with Gasteiger partial charge in [0.1, 0.15) is 11.3 Å². The first-order valence-electron chi connectivity index (χ1n) is 6.59. The lowest BCUT2D eigenvalue weighted by Gasteiger charge is -2.29. The highest BCUT2D eigenvalue weighted by Crippen LogP contribution is 2.28. The summed E-state index contributed by atoms with van der Waals surface area (Å²) in [5.41, 5.74) is 2.28. The molecule has 0 N–H and O–H groups in total. The number of likely N-dealkylation sites (N-methyl/N-ethyl adjacent to an activating group) is 1. The van der Waals surface area contributed by atoms with E-state index in [4.69, 9.17) is 16.3 Å². The van der Waals surface area contributed by atoms with E-state index < -0.39 is 0 Å². The van der Waals surface area contributed by atoms with Crippen LogP contribution in [-0.4, -0.2) is 41.6 Å². The van der Waals surface area contributed by atoms with E-state index in [2.05, 4.69) is 21.9 Å². The monoisotopic (exact) mass is 267 g/mol. The van der Waals surface area contributed by atoms with Crippen molar-refractivity contribution < 1.29 is 4.74 Å². The van der Waals surface area contributed by atoms with Gasteiger partial charge in [0.05, 0.1) is 6.61 Å². The van der Waals surface area contributed by atoms with Crippen molar-refractivity contribution in [1.82, 2.24) is 14.9 Å². The van der Waals surface area contributed by atoms with E-state index in [1.165, 1.54) is 12.8 Å². The van der Waals surface area contributed by atoms with Crippen molar-refractivity contribution in [3.63, 3.8) is 0 Å². The maximum absolute atomic E-state index is 6.28. The summed E-state index contributed by atoms with van der Waals surface area (Å²) in [7, 11) is 2.09. The summed E-state index contributed by atoms with van der Waals surface area (Å²) in [5.74, 6) is 0.757. The maximum atomic E-state index is 6.28. The molecule has 0 saturated carbocycles. The lowest BCUT2D eigenvalue weighted by Crippen LogP contribution is -2.36. The van der Waals surface area contributed by atoms with Gasteiger partial charge in [-0.3, -0.25) is 0 Å². The van der Waals surface area contributed by atoms with E-state index in [9.17, 15) is 0 Å². The fraction of sp³-hybridized carbons (Fsp3) is 0.692. The quantitative estimate of drug-likeness (QED) is 0.730. The number of fused-ring (bicyclic) bond motifs is 1. The Morgan fingerprint density at radius 1 is 1.28 bits per heavy atom. The Balaban J connectivity index is 1.90. The fourth-order valence-electron chi connectivity index (χ4n) is 2.64. The number of aromatic nitrogens is 2. The second-order valence-electron chi connectivity index (χ2n) is 5.13. The van der Waals surface area contributed by atoms with Gasteiger partial charge >= 0.3 is 0 Å². The van der Waals surface area contributed by atoms with Crippen LogP contribution in [0.4, 0.5) is 0 Å². The topological polar surface area (TPSA) is 38.2 Å². The van der Waals surface area contributed by atoms with Crippen molar-refractivity contribution in [1.29, 1.82) is 0 Å². The third-order valence-corrected chi connectivity index (χ3v) is 4.02. The molecular weight excluding hydrogens is 250 g/mol. The third kappa shape index (κ3) is 2.37. The van der Waals surface area contributed by atoms with E-state index in [1.807, 2.05) is 0 Å². The summed E-state index contributed by atoms with van der Waals surface area (Å²) in [6, 6.07) is 0. The van der Waals surface area contributed by atoms with Crippen LogP contribution in [0.15, 0.2) is 0 Å². The van der Waals surface area contributed by atoms with Gasteiger partial charge < -0.3 is 9.64 Å². The SMILES string of the molecule is CN1CCOC(c2nc(Cl)c3c(n2)CCCC3)C1. The molecular formula is C13H18ClN3O. The molecule has 1 aliphatic carbocycles. The summed E-state index contributed by atoms with van der Waals surface area (Å²) in [4.78, 5) is 11.4.